The molecular weight excluding hydrogens is 642 g/mol. The summed E-state index contributed by atoms with van der Waals surface area (Å²) in [7, 11) is 0. The minimum atomic E-state index is -1.98. The summed E-state index contributed by atoms with van der Waals surface area (Å²) in [5, 5.41) is 113. The van der Waals surface area contributed by atoms with Crippen LogP contribution in [-0.4, -0.2) is 184 Å². The third-order valence-corrected chi connectivity index (χ3v) is 8.79. The van der Waals surface area contributed by atoms with Crippen LogP contribution >= 0.6 is 24.8 Å². The Balaban J connectivity index is 2.17. The van der Waals surface area contributed by atoms with Gasteiger partial charge in [-0.15, -0.1) is 12.6 Å². The Hall–Kier alpha value is -0.360. The maximum Gasteiger partial charge on any atom is 0.187 e. The maximum atomic E-state index is 11.0. The zero-order chi connectivity index (χ0) is 34.0. The Morgan fingerprint density at radius 3 is 1.96 bits per heavy atom. The summed E-state index contributed by atoms with van der Waals surface area (Å²) in [6, 6.07) is 0. The summed E-state index contributed by atoms with van der Waals surface area (Å²) >= 11 is 9.47. The highest BCUT2D eigenvalue weighted by atomic mass is 32.1. The van der Waals surface area contributed by atoms with Gasteiger partial charge in [0.2, 0.25) is 0 Å². The van der Waals surface area contributed by atoms with E-state index in [0.29, 0.717) is 6.54 Å². The molecular formula is C27H51NO15S2. The van der Waals surface area contributed by atoms with Crippen molar-refractivity contribution in [2.45, 2.75) is 125 Å². The minimum absolute atomic E-state index is 0.168. The van der Waals surface area contributed by atoms with E-state index >= 15 is 0 Å². The number of hydrogen-bond donors (Lipinski definition) is 12. The molecule has 0 aromatic rings. The Bertz CT molecular complexity index is 863. The third kappa shape index (κ3) is 10.8. The van der Waals surface area contributed by atoms with Gasteiger partial charge in [-0.1, -0.05) is 45.3 Å². The molecule has 45 heavy (non-hydrogen) atoms. The molecule has 0 bridgehead atoms. The first-order chi connectivity index (χ1) is 21.2. The number of rotatable bonds is 18. The lowest BCUT2D eigenvalue weighted by atomic mass is 9.96. The minimum Gasteiger partial charge on any atom is -0.394 e. The molecule has 2 fully saturated rings. The van der Waals surface area contributed by atoms with E-state index in [9.17, 15) is 56.2 Å². The fourth-order valence-corrected chi connectivity index (χ4v) is 5.65. The van der Waals surface area contributed by atoms with Gasteiger partial charge in [0.1, 0.15) is 77.6 Å². The molecule has 18 heteroatoms. The lowest BCUT2D eigenvalue weighted by Crippen LogP contribution is -2.65. The summed E-state index contributed by atoms with van der Waals surface area (Å²) in [6.07, 6.45) is -20.6. The summed E-state index contributed by atoms with van der Waals surface area (Å²) in [5.41, 5.74) is 0. The third-order valence-electron chi connectivity index (χ3n) is 8.25. The molecule has 0 spiro atoms. The SMILES string of the molecule is CCCCC(CC)CN(C[C@H](O)[C@@H](O)[C@H](O[C@H]1O[C@H](CO)[C@@H](O[C@H]2O[C@H](CO)[C@@H](O)[C@H](O)[C@H]2O)[C@H](O)[C@H]1O)[C@H](O)CO)C(=S)S. The molecule has 15 atom stereocenters. The van der Waals surface area contributed by atoms with Crippen LogP contribution in [-0.2, 0) is 18.9 Å². The van der Waals surface area contributed by atoms with Crippen LogP contribution in [0.25, 0.3) is 0 Å². The van der Waals surface area contributed by atoms with Gasteiger partial charge in [0, 0.05) is 13.1 Å². The van der Waals surface area contributed by atoms with Crippen molar-refractivity contribution in [2.24, 2.45) is 5.92 Å². The summed E-state index contributed by atoms with van der Waals surface area (Å²) in [6.45, 7) is 1.79. The number of aliphatic hydroxyl groups excluding tert-OH is 11. The monoisotopic (exact) mass is 693 g/mol. The zero-order valence-electron chi connectivity index (χ0n) is 25.4. The Morgan fingerprint density at radius 2 is 1.42 bits per heavy atom. The first kappa shape index (κ1) is 40.8. The number of ether oxygens (including phenoxy) is 4. The largest absolute Gasteiger partial charge is 0.394 e. The van der Waals surface area contributed by atoms with Gasteiger partial charge in [-0.05, 0) is 12.3 Å². The van der Waals surface area contributed by atoms with E-state index in [2.05, 4.69) is 19.6 Å². The van der Waals surface area contributed by atoms with Crippen LogP contribution in [0.5, 0.6) is 0 Å². The van der Waals surface area contributed by atoms with Crippen LogP contribution in [0, 0.1) is 5.92 Å². The van der Waals surface area contributed by atoms with Gasteiger partial charge in [0.25, 0.3) is 0 Å². The molecule has 0 aliphatic carbocycles. The average molecular weight is 694 g/mol. The topological polar surface area (TPSA) is 263 Å². The molecule has 2 aliphatic heterocycles. The molecule has 2 heterocycles. The number of nitrogens with zero attached hydrogens (tertiary/aromatic N) is 1. The van der Waals surface area contributed by atoms with Crippen molar-refractivity contribution in [1.29, 1.82) is 0 Å². The van der Waals surface area contributed by atoms with Crippen LogP contribution in [0.4, 0.5) is 0 Å². The van der Waals surface area contributed by atoms with Crippen molar-refractivity contribution in [3.8, 4) is 0 Å². The molecule has 266 valence electrons. The van der Waals surface area contributed by atoms with Gasteiger partial charge >= 0.3 is 0 Å². The van der Waals surface area contributed by atoms with Crippen LogP contribution in [0.3, 0.4) is 0 Å². The second-order valence-corrected chi connectivity index (χ2v) is 12.6. The van der Waals surface area contributed by atoms with Gasteiger partial charge in [-0.3, -0.25) is 0 Å². The number of thiocarbonyl (C=S) groups is 1. The molecule has 11 N–H and O–H groups in total. The number of thiol groups is 1. The zero-order valence-corrected chi connectivity index (χ0v) is 27.1. The lowest BCUT2D eigenvalue weighted by Gasteiger charge is -2.46. The average Bonchev–Trinajstić information content (AvgIpc) is 3.03. The van der Waals surface area contributed by atoms with Crippen LogP contribution in [0.2, 0.25) is 0 Å². The van der Waals surface area contributed by atoms with Gasteiger partial charge in [-0.2, -0.15) is 0 Å². The second-order valence-electron chi connectivity index (χ2n) is 11.5. The molecule has 16 nitrogen and oxygen atoms in total. The van der Waals surface area contributed by atoms with Crippen molar-refractivity contribution in [3.63, 3.8) is 0 Å². The highest BCUT2D eigenvalue weighted by Gasteiger charge is 2.52. The fourth-order valence-electron chi connectivity index (χ4n) is 5.34. The molecule has 1 unspecified atom stereocenters. The van der Waals surface area contributed by atoms with Crippen LogP contribution < -0.4 is 0 Å². The first-order valence-electron chi connectivity index (χ1n) is 15.1. The first-order valence-corrected chi connectivity index (χ1v) is 16.0. The van der Waals surface area contributed by atoms with E-state index < -0.39 is 106 Å². The smallest absolute Gasteiger partial charge is 0.187 e. The Kier molecular flexibility index (Phi) is 17.8. The van der Waals surface area contributed by atoms with Crippen molar-refractivity contribution in [1.82, 2.24) is 4.90 Å². The predicted molar refractivity (Wildman–Crippen MR) is 163 cm³/mol. The molecule has 0 amide bonds. The van der Waals surface area contributed by atoms with Crippen molar-refractivity contribution < 1.29 is 75.1 Å². The molecule has 2 aliphatic rings. The summed E-state index contributed by atoms with van der Waals surface area (Å²) < 4.78 is 22.1. The van der Waals surface area contributed by atoms with Gasteiger partial charge in [0.05, 0.1) is 19.8 Å². The van der Waals surface area contributed by atoms with E-state index in [1.54, 1.807) is 4.90 Å². The van der Waals surface area contributed by atoms with Crippen LogP contribution in [0.1, 0.15) is 39.5 Å². The van der Waals surface area contributed by atoms with E-state index in [1.165, 1.54) is 0 Å². The van der Waals surface area contributed by atoms with E-state index in [0.717, 1.165) is 25.7 Å². The van der Waals surface area contributed by atoms with E-state index in [1.807, 2.05) is 6.92 Å². The standard InChI is InChI=1S/C27H51NO15S2/c1-3-5-6-12(4-2)7-28(27(44)45)8-13(32)17(34)23(14(33)9-29)42-26-22(39)20(37)24(16(11-31)41-26)43-25-21(38)19(36)18(35)15(10-30)40-25/h12-26,29-39H,3-11H2,1-2H3,(H,44,45)/t12?,13-,14+,15+,16+,17+,18+,19-,20+,21+,22+,23+,24+,25+,26+/m0/s1. The Labute approximate surface area is 273 Å². The van der Waals surface area contributed by atoms with Crippen molar-refractivity contribution >= 4 is 29.2 Å². The van der Waals surface area contributed by atoms with Gasteiger partial charge in [-0.25, -0.2) is 0 Å². The van der Waals surface area contributed by atoms with E-state index in [4.69, 9.17) is 31.2 Å². The molecule has 0 saturated carbocycles. The summed E-state index contributed by atoms with van der Waals surface area (Å²) in [4.78, 5) is 1.59. The molecule has 2 rings (SSSR count). The highest BCUT2D eigenvalue weighted by Crippen LogP contribution is 2.31. The van der Waals surface area contributed by atoms with Gasteiger partial charge < -0.3 is 80.0 Å². The molecule has 2 saturated heterocycles. The molecule has 0 radical (unpaired) electrons. The summed E-state index contributed by atoms with van der Waals surface area (Å²) in [5.74, 6) is 0.232. The van der Waals surface area contributed by atoms with Gasteiger partial charge in [0.15, 0.2) is 12.6 Å². The number of unbranched alkanes of at least 4 members (excludes halogenated alkanes) is 1. The quantitative estimate of drug-likeness (QED) is 0.0480. The number of hydrogen-bond acceptors (Lipinski definition) is 16. The lowest BCUT2D eigenvalue weighted by molar-refractivity contribution is -0.367. The molecule has 0 aromatic carbocycles. The normalized spacial score (nSPS) is 35.8. The van der Waals surface area contributed by atoms with Crippen molar-refractivity contribution in [3.05, 3.63) is 0 Å². The number of aliphatic hydroxyl groups is 11. The highest BCUT2D eigenvalue weighted by molar-refractivity contribution is 8.10. The Morgan fingerprint density at radius 1 is 0.822 bits per heavy atom. The van der Waals surface area contributed by atoms with E-state index in [-0.39, 0.29) is 16.8 Å². The predicted octanol–water partition coefficient (Wildman–Crippen LogP) is -4.20. The second kappa shape index (κ2) is 19.6. The fraction of sp³-hybridized carbons (Fsp3) is 0.963. The molecule has 0 aromatic heterocycles. The van der Waals surface area contributed by atoms with Crippen molar-refractivity contribution in [2.75, 3.05) is 32.9 Å². The van der Waals surface area contributed by atoms with Crippen LogP contribution in [0.15, 0.2) is 0 Å². The maximum absolute atomic E-state index is 11.0.